The van der Waals surface area contributed by atoms with Gasteiger partial charge in [0.15, 0.2) is 0 Å². The van der Waals surface area contributed by atoms with Crippen molar-refractivity contribution in [1.82, 2.24) is 0 Å². The molecular weight excluding hydrogens is 194 g/mol. The molecule has 4 heteroatoms. The van der Waals surface area contributed by atoms with E-state index < -0.39 is 4.92 Å². The van der Waals surface area contributed by atoms with Crippen molar-refractivity contribution < 1.29 is 9.72 Å². The van der Waals surface area contributed by atoms with Crippen LogP contribution >= 0.6 is 0 Å². The molecule has 0 atom stereocenters. The zero-order valence-corrected chi connectivity index (χ0v) is 8.77. The third kappa shape index (κ3) is 2.62. The third-order valence-corrected chi connectivity index (χ3v) is 2.45. The minimum absolute atomic E-state index is 0.0700. The number of nitro groups is 1. The second kappa shape index (κ2) is 4.21. The molecule has 1 aromatic carbocycles. The van der Waals surface area contributed by atoms with Crippen molar-refractivity contribution in [3.63, 3.8) is 0 Å². The Morgan fingerprint density at radius 3 is 2.27 bits per heavy atom. The molecule has 0 heterocycles. The van der Waals surface area contributed by atoms with Gasteiger partial charge in [0.05, 0.1) is 4.92 Å². The van der Waals surface area contributed by atoms with Crippen molar-refractivity contribution in [3.05, 3.63) is 39.9 Å². The van der Waals surface area contributed by atoms with E-state index in [1.807, 2.05) is 13.8 Å². The van der Waals surface area contributed by atoms with Crippen LogP contribution in [0.15, 0.2) is 24.3 Å². The van der Waals surface area contributed by atoms with Gasteiger partial charge in [-0.2, -0.15) is 0 Å². The second-order valence-corrected chi connectivity index (χ2v) is 4.06. The predicted molar refractivity (Wildman–Crippen MR) is 56.8 cm³/mol. The second-order valence-electron chi connectivity index (χ2n) is 4.06. The molecule has 0 aromatic heterocycles. The van der Waals surface area contributed by atoms with Gasteiger partial charge in [0.1, 0.15) is 6.29 Å². The summed E-state index contributed by atoms with van der Waals surface area (Å²) >= 11 is 0. The molecule has 0 unspecified atom stereocenters. The van der Waals surface area contributed by atoms with E-state index in [9.17, 15) is 14.9 Å². The predicted octanol–water partition coefficient (Wildman–Crippen LogP) is 2.46. The highest BCUT2D eigenvalue weighted by molar-refractivity contribution is 5.53. The van der Waals surface area contributed by atoms with Crippen LogP contribution in [0.1, 0.15) is 25.8 Å². The summed E-state index contributed by atoms with van der Waals surface area (Å²) in [6, 6.07) is 6.31. The van der Waals surface area contributed by atoms with E-state index in [0.29, 0.717) is 6.42 Å². The maximum Gasteiger partial charge on any atom is 0.269 e. The Labute approximate surface area is 88.1 Å². The molecule has 0 saturated heterocycles. The topological polar surface area (TPSA) is 60.2 Å². The van der Waals surface area contributed by atoms with E-state index >= 15 is 0 Å². The molecule has 0 saturated carbocycles. The van der Waals surface area contributed by atoms with E-state index in [-0.39, 0.29) is 11.1 Å². The van der Waals surface area contributed by atoms with E-state index in [1.54, 1.807) is 12.1 Å². The summed E-state index contributed by atoms with van der Waals surface area (Å²) in [6.45, 7) is 3.87. The van der Waals surface area contributed by atoms with Crippen molar-refractivity contribution in [2.75, 3.05) is 0 Å². The molecule has 0 aliphatic rings. The lowest BCUT2D eigenvalue weighted by Gasteiger charge is -2.21. The van der Waals surface area contributed by atoms with Crippen LogP contribution in [0.25, 0.3) is 0 Å². The van der Waals surface area contributed by atoms with Crippen molar-refractivity contribution in [1.29, 1.82) is 0 Å². The maximum atomic E-state index is 10.5. The Kier molecular flexibility index (Phi) is 3.19. The Morgan fingerprint density at radius 1 is 1.33 bits per heavy atom. The molecule has 80 valence electrons. The molecule has 1 aromatic rings. The smallest absolute Gasteiger partial charge is 0.269 e. The van der Waals surface area contributed by atoms with Gasteiger partial charge < -0.3 is 4.79 Å². The van der Waals surface area contributed by atoms with Crippen LogP contribution in [0, 0.1) is 10.1 Å². The van der Waals surface area contributed by atoms with Gasteiger partial charge in [-0.1, -0.05) is 26.0 Å². The Hall–Kier alpha value is -1.71. The number of hydrogen-bond acceptors (Lipinski definition) is 3. The Balaban J connectivity index is 2.97. The van der Waals surface area contributed by atoms with Gasteiger partial charge in [-0.05, 0) is 11.0 Å². The first kappa shape index (κ1) is 11.4. The summed E-state index contributed by atoms with van der Waals surface area (Å²) in [7, 11) is 0. The average molecular weight is 207 g/mol. The Morgan fingerprint density at radius 2 is 1.87 bits per heavy atom. The molecule has 0 spiro atoms. The van der Waals surface area contributed by atoms with Gasteiger partial charge in [-0.25, -0.2) is 0 Å². The molecule has 0 N–H and O–H groups in total. The molecule has 0 aliphatic carbocycles. The summed E-state index contributed by atoms with van der Waals surface area (Å²) in [5.74, 6) is 0. The minimum atomic E-state index is -0.434. The van der Waals surface area contributed by atoms with Crippen LogP contribution in [0.5, 0.6) is 0 Å². The number of carbonyl (C=O) groups excluding carboxylic acids is 1. The van der Waals surface area contributed by atoms with Gasteiger partial charge in [-0.3, -0.25) is 10.1 Å². The largest absolute Gasteiger partial charge is 0.303 e. The summed E-state index contributed by atoms with van der Waals surface area (Å²) in [6.07, 6.45) is 1.27. The van der Waals surface area contributed by atoms with Crippen LogP contribution in [-0.4, -0.2) is 11.2 Å². The van der Waals surface area contributed by atoms with E-state index in [0.717, 1.165) is 11.8 Å². The number of nitrogens with zero attached hydrogens (tertiary/aromatic N) is 1. The zero-order chi connectivity index (χ0) is 11.5. The first-order valence-electron chi connectivity index (χ1n) is 4.66. The van der Waals surface area contributed by atoms with Crippen molar-refractivity contribution in [2.45, 2.75) is 25.7 Å². The van der Waals surface area contributed by atoms with Crippen LogP contribution in [0.2, 0.25) is 0 Å². The van der Waals surface area contributed by atoms with Gasteiger partial charge in [0, 0.05) is 18.6 Å². The van der Waals surface area contributed by atoms with Crippen LogP contribution in [-0.2, 0) is 10.2 Å². The summed E-state index contributed by atoms with van der Waals surface area (Å²) in [5, 5.41) is 10.4. The molecular formula is C11H13NO3. The number of rotatable bonds is 4. The van der Waals surface area contributed by atoms with Crippen molar-refractivity contribution in [3.8, 4) is 0 Å². The highest BCUT2D eigenvalue weighted by Crippen LogP contribution is 2.27. The fourth-order valence-corrected chi connectivity index (χ4v) is 1.36. The molecule has 0 fully saturated rings. The molecule has 0 bridgehead atoms. The molecule has 4 nitrogen and oxygen atoms in total. The monoisotopic (exact) mass is 207 g/mol. The first-order valence-corrected chi connectivity index (χ1v) is 4.66. The number of non-ortho nitro benzene ring substituents is 1. The highest BCUT2D eigenvalue weighted by Gasteiger charge is 2.20. The first-order chi connectivity index (χ1) is 6.97. The summed E-state index contributed by atoms with van der Waals surface area (Å²) < 4.78 is 0. The van der Waals surface area contributed by atoms with Crippen LogP contribution < -0.4 is 0 Å². The minimum Gasteiger partial charge on any atom is -0.303 e. The lowest BCUT2D eigenvalue weighted by molar-refractivity contribution is -0.384. The number of benzene rings is 1. The maximum absolute atomic E-state index is 10.5. The Bertz CT molecular complexity index is 368. The number of aldehydes is 1. The fraction of sp³-hybridized carbons (Fsp3) is 0.364. The van der Waals surface area contributed by atoms with E-state index in [2.05, 4.69) is 0 Å². The fourth-order valence-electron chi connectivity index (χ4n) is 1.36. The van der Waals surface area contributed by atoms with Crippen LogP contribution in [0.3, 0.4) is 0 Å². The van der Waals surface area contributed by atoms with Crippen LogP contribution in [0.4, 0.5) is 5.69 Å². The SMILES string of the molecule is CC(C)(CC=O)c1ccc([N+](=O)[O-])cc1. The lowest BCUT2D eigenvalue weighted by atomic mass is 9.82. The normalized spacial score (nSPS) is 11.1. The average Bonchev–Trinajstić information content (AvgIpc) is 2.18. The van der Waals surface area contributed by atoms with Gasteiger partial charge >= 0.3 is 0 Å². The zero-order valence-electron chi connectivity index (χ0n) is 8.77. The van der Waals surface area contributed by atoms with E-state index in [4.69, 9.17) is 0 Å². The van der Waals surface area contributed by atoms with E-state index in [1.165, 1.54) is 12.1 Å². The van der Waals surface area contributed by atoms with Gasteiger partial charge in [0.2, 0.25) is 0 Å². The van der Waals surface area contributed by atoms with Gasteiger partial charge in [0.25, 0.3) is 5.69 Å². The molecule has 0 radical (unpaired) electrons. The highest BCUT2D eigenvalue weighted by atomic mass is 16.6. The summed E-state index contributed by atoms with van der Waals surface area (Å²) in [4.78, 5) is 20.5. The molecule has 1 rings (SSSR count). The molecule has 15 heavy (non-hydrogen) atoms. The number of nitro benzene ring substituents is 1. The molecule has 0 amide bonds. The van der Waals surface area contributed by atoms with Crippen molar-refractivity contribution >= 4 is 12.0 Å². The van der Waals surface area contributed by atoms with Crippen molar-refractivity contribution in [2.24, 2.45) is 0 Å². The number of carbonyl (C=O) groups is 1. The summed E-state index contributed by atoms with van der Waals surface area (Å²) in [5.41, 5.74) is 0.734. The lowest BCUT2D eigenvalue weighted by Crippen LogP contribution is -2.17. The van der Waals surface area contributed by atoms with Gasteiger partial charge in [-0.15, -0.1) is 0 Å². The number of hydrogen-bond donors (Lipinski definition) is 0. The molecule has 0 aliphatic heterocycles. The quantitative estimate of drug-likeness (QED) is 0.433. The third-order valence-electron chi connectivity index (χ3n) is 2.45. The standard InChI is InChI=1S/C11H13NO3/c1-11(2,7-8-13)9-3-5-10(6-4-9)12(14)15/h3-6,8H,7H2,1-2H3.